The maximum Gasteiger partial charge on any atom is 0.199 e. The summed E-state index contributed by atoms with van der Waals surface area (Å²) in [5.74, 6) is 0.310. The first kappa shape index (κ1) is 17.3. The lowest BCUT2D eigenvalue weighted by molar-refractivity contribution is 0.119. The minimum Gasteiger partial charge on any atom is -0.303 e. The van der Waals surface area contributed by atoms with Crippen LogP contribution in [0.2, 0.25) is 0 Å². The molecule has 3 rings (SSSR count). The van der Waals surface area contributed by atoms with Crippen LogP contribution in [0.3, 0.4) is 0 Å². The number of nitrogens with zero attached hydrogens (tertiary/aromatic N) is 4. The Morgan fingerprint density at radius 1 is 1.25 bits per heavy atom. The predicted molar refractivity (Wildman–Crippen MR) is 96.7 cm³/mol. The second-order valence-electron chi connectivity index (χ2n) is 6.48. The molecule has 1 heterocycles. The Morgan fingerprint density at radius 2 is 1.96 bits per heavy atom. The van der Waals surface area contributed by atoms with Gasteiger partial charge in [0.2, 0.25) is 0 Å². The summed E-state index contributed by atoms with van der Waals surface area (Å²) in [6, 6.07) is 7.31. The van der Waals surface area contributed by atoms with Crippen molar-refractivity contribution in [2.45, 2.75) is 51.7 Å². The van der Waals surface area contributed by atoms with Gasteiger partial charge < -0.3 is 4.57 Å². The number of aromatic nitrogens is 3. The zero-order chi connectivity index (χ0) is 17.1. The van der Waals surface area contributed by atoms with E-state index in [0.717, 1.165) is 6.54 Å². The van der Waals surface area contributed by atoms with Crippen molar-refractivity contribution in [1.29, 1.82) is 0 Å². The summed E-state index contributed by atoms with van der Waals surface area (Å²) in [4.78, 5) is 2.44. The molecule has 0 atom stereocenters. The first-order chi connectivity index (χ1) is 11.6. The van der Waals surface area contributed by atoms with Gasteiger partial charge in [-0.05, 0) is 43.7 Å². The van der Waals surface area contributed by atoms with E-state index in [-0.39, 0.29) is 5.82 Å². The van der Waals surface area contributed by atoms with Gasteiger partial charge in [0.25, 0.3) is 0 Å². The van der Waals surface area contributed by atoms with Crippen molar-refractivity contribution >= 4 is 12.2 Å². The number of hydrogen-bond donors (Lipinski definition) is 0. The van der Waals surface area contributed by atoms with E-state index in [1.165, 1.54) is 38.2 Å². The van der Waals surface area contributed by atoms with E-state index < -0.39 is 0 Å². The highest BCUT2D eigenvalue weighted by atomic mass is 32.1. The molecular formula is C18H25FN4S. The summed E-state index contributed by atoms with van der Waals surface area (Å²) < 4.78 is 18.4. The van der Waals surface area contributed by atoms with Crippen LogP contribution in [0.5, 0.6) is 0 Å². The van der Waals surface area contributed by atoms with Crippen molar-refractivity contribution in [3.05, 3.63) is 34.9 Å². The van der Waals surface area contributed by atoms with Crippen LogP contribution in [0.15, 0.2) is 24.3 Å². The Kier molecular flexibility index (Phi) is 5.46. The van der Waals surface area contributed by atoms with Crippen LogP contribution in [0, 0.1) is 10.6 Å². The number of halogens is 1. The Labute approximate surface area is 147 Å². The van der Waals surface area contributed by atoms with Gasteiger partial charge in [-0.15, -0.1) is 0 Å². The fraction of sp³-hybridized carbons (Fsp3) is 0.556. The highest BCUT2D eigenvalue weighted by Gasteiger charge is 2.21. The maximum absolute atomic E-state index is 14.1. The largest absolute Gasteiger partial charge is 0.303 e. The van der Waals surface area contributed by atoms with Gasteiger partial charge in [0.05, 0.1) is 12.2 Å². The Hall–Kier alpha value is -1.53. The standard InChI is InChI=1S/C18H25FN4S/c1-3-22(14-9-5-4-6-10-14)13-23-18(24)21(2)17(20-23)15-11-7-8-12-16(15)19/h7-8,11-12,14H,3-6,9-10,13H2,1-2H3. The van der Waals surface area contributed by atoms with Crippen molar-refractivity contribution in [1.82, 2.24) is 19.2 Å². The van der Waals surface area contributed by atoms with Crippen molar-refractivity contribution in [2.24, 2.45) is 7.05 Å². The zero-order valence-electron chi connectivity index (χ0n) is 14.4. The van der Waals surface area contributed by atoms with Crippen LogP contribution in [0.25, 0.3) is 11.4 Å². The van der Waals surface area contributed by atoms with Crippen LogP contribution in [0.1, 0.15) is 39.0 Å². The first-order valence-corrected chi connectivity index (χ1v) is 9.15. The minimum absolute atomic E-state index is 0.271. The van der Waals surface area contributed by atoms with E-state index in [4.69, 9.17) is 12.2 Å². The van der Waals surface area contributed by atoms with Gasteiger partial charge in [0.1, 0.15) is 5.82 Å². The minimum atomic E-state index is -0.271. The average Bonchev–Trinajstić information content (AvgIpc) is 2.89. The van der Waals surface area contributed by atoms with E-state index in [2.05, 4.69) is 16.9 Å². The van der Waals surface area contributed by atoms with Gasteiger partial charge in [0, 0.05) is 13.1 Å². The van der Waals surface area contributed by atoms with Gasteiger partial charge in [-0.2, -0.15) is 5.10 Å². The van der Waals surface area contributed by atoms with E-state index in [9.17, 15) is 4.39 Å². The molecule has 0 unspecified atom stereocenters. The molecule has 0 saturated heterocycles. The highest BCUT2D eigenvalue weighted by Crippen LogP contribution is 2.24. The van der Waals surface area contributed by atoms with E-state index in [0.29, 0.717) is 28.9 Å². The molecule has 0 spiro atoms. The normalized spacial score (nSPS) is 16.0. The number of hydrogen-bond acceptors (Lipinski definition) is 3. The molecule has 0 radical (unpaired) electrons. The summed E-state index contributed by atoms with van der Waals surface area (Å²) in [7, 11) is 1.85. The fourth-order valence-corrected chi connectivity index (χ4v) is 3.73. The predicted octanol–water partition coefficient (Wildman–Crippen LogP) is 4.37. The van der Waals surface area contributed by atoms with Gasteiger partial charge >= 0.3 is 0 Å². The molecule has 0 N–H and O–H groups in total. The molecule has 1 saturated carbocycles. The van der Waals surface area contributed by atoms with Crippen molar-refractivity contribution in [3.8, 4) is 11.4 Å². The molecule has 2 aromatic rings. The topological polar surface area (TPSA) is 26.0 Å². The van der Waals surface area contributed by atoms with E-state index in [1.54, 1.807) is 16.7 Å². The van der Waals surface area contributed by atoms with Gasteiger partial charge in [-0.25, -0.2) is 9.07 Å². The molecule has 0 amide bonds. The third-order valence-electron chi connectivity index (χ3n) is 4.97. The Balaban J connectivity index is 1.88. The average molecular weight is 348 g/mol. The third-order valence-corrected chi connectivity index (χ3v) is 5.45. The SMILES string of the molecule is CCN(Cn1nc(-c2ccccc2F)n(C)c1=S)C1CCCCC1. The lowest BCUT2D eigenvalue weighted by Gasteiger charge is -2.33. The fourth-order valence-electron chi connectivity index (χ4n) is 3.55. The van der Waals surface area contributed by atoms with Crippen LogP contribution >= 0.6 is 12.2 Å². The lowest BCUT2D eigenvalue weighted by atomic mass is 9.94. The summed E-state index contributed by atoms with van der Waals surface area (Å²) in [6.45, 7) is 3.82. The van der Waals surface area contributed by atoms with Crippen molar-refractivity contribution < 1.29 is 4.39 Å². The molecule has 4 nitrogen and oxygen atoms in total. The van der Waals surface area contributed by atoms with Crippen LogP contribution in [-0.4, -0.2) is 31.8 Å². The van der Waals surface area contributed by atoms with E-state index in [1.807, 2.05) is 17.8 Å². The van der Waals surface area contributed by atoms with Crippen molar-refractivity contribution in [3.63, 3.8) is 0 Å². The van der Waals surface area contributed by atoms with Gasteiger partial charge in [-0.3, -0.25) is 4.90 Å². The quantitative estimate of drug-likeness (QED) is 0.751. The Morgan fingerprint density at radius 3 is 2.62 bits per heavy atom. The molecule has 1 aliphatic rings. The lowest BCUT2D eigenvalue weighted by Crippen LogP contribution is -2.38. The molecular weight excluding hydrogens is 323 g/mol. The summed E-state index contributed by atoms with van der Waals surface area (Å²) in [5, 5.41) is 4.62. The summed E-state index contributed by atoms with van der Waals surface area (Å²) in [6.07, 6.45) is 6.43. The molecule has 6 heteroatoms. The smallest absolute Gasteiger partial charge is 0.199 e. The molecule has 1 aromatic carbocycles. The number of rotatable bonds is 5. The molecule has 1 fully saturated rings. The molecule has 1 aliphatic carbocycles. The van der Waals surface area contributed by atoms with Crippen molar-refractivity contribution in [2.75, 3.05) is 6.54 Å². The summed E-state index contributed by atoms with van der Waals surface area (Å²) >= 11 is 5.54. The highest BCUT2D eigenvalue weighted by molar-refractivity contribution is 7.71. The number of benzene rings is 1. The van der Waals surface area contributed by atoms with Gasteiger partial charge in [-0.1, -0.05) is 38.3 Å². The first-order valence-electron chi connectivity index (χ1n) is 8.74. The van der Waals surface area contributed by atoms with E-state index >= 15 is 0 Å². The van der Waals surface area contributed by atoms with Crippen LogP contribution in [0.4, 0.5) is 4.39 Å². The third kappa shape index (κ3) is 3.44. The molecule has 24 heavy (non-hydrogen) atoms. The molecule has 1 aromatic heterocycles. The second-order valence-corrected chi connectivity index (χ2v) is 6.85. The monoisotopic (exact) mass is 348 g/mol. The second kappa shape index (κ2) is 7.57. The van der Waals surface area contributed by atoms with Crippen LogP contribution in [-0.2, 0) is 13.7 Å². The zero-order valence-corrected chi connectivity index (χ0v) is 15.2. The molecule has 0 aliphatic heterocycles. The van der Waals surface area contributed by atoms with Crippen LogP contribution < -0.4 is 0 Å². The molecule has 0 bridgehead atoms. The van der Waals surface area contributed by atoms with Gasteiger partial charge in [0.15, 0.2) is 10.6 Å². The summed E-state index contributed by atoms with van der Waals surface area (Å²) in [5.41, 5.74) is 0.491. The molecule has 130 valence electrons. The maximum atomic E-state index is 14.1. The Bertz CT molecular complexity index is 746.